The molecule has 2 aromatic rings. The van der Waals surface area contributed by atoms with Gasteiger partial charge in [0.2, 0.25) is 0 Å². The van der Waals surface area contributed by atoms with Gasteiger partial charge < -0.3 is 15.2 Å². The molecular formula is C16H13F3N2O5. The minimum absolute atomic E-state index is 0.0791. The van der Waals surface area contributed by atoms with Crippen molar-refractivity contribution in [3.05, 3.63) is 69.8 Å². The summed E-state index contributed by atoms with van der Waals surface area (Å²) in [5, 5.41) is 23.0. The van der Waals surface area contributed by atoms with E-state index < -0.39 is 29.0 Å². The van der Waals surface area contributed by atoms with E-state index in [-0.39, 0.29) is 17.8 Å². The highest BCUT2D eigenvalue weighted by Crippen LogP contribution is 2.23. The first-order valence-corrected chi connectivity index (χ1v) is 7.22. The van der Waals surface area contributed by atoms with Gasteiger partial charge >= 0.3 is 6.36 Å². The summed E-state index contributed by atoms with van der Waals surface area (Å²) in [6.07, 6.45) is -5.92. The van der Waals surface area contributed by atoms with E-state index >= 15 is 0 Å². The number of amides is 1. The van der Waals surface area contributed by atoms with Gasteiger partial charge in [0.1, 0.15) is 5.75 Å². The van der Waals surface area contributed by atoms with Gasteiger partial charge in [0.05, 0.1) is 11.0 Å². The van der Waals surface area contributed by atoms with Crippen molar-refractivity contribution in [3.63, 3.8) is 0 Å². The Labute approximate surface area is 145 Å². The summed E-state index contributed by atoms with van der Waals surface area (Å²) >= 11 is 0. The number of ether oxygens (including phenoxy) is 1. The topological polar surface area (TPSA) is 102 Å². The monoisotopic (exact) mass is 370 g/mol. The van der Waals surface area contributed by atoms with Crippen LogP contribution in [0.15, 0.2) is 48.5 Å². The maximum atomic E-state index is 12.1. The lowest BCUT2D eigenvalue weighted by Gasteiger charge is -2.13. The van der Waals surface area contributed by atoms with E-state index in [1.165, 1.54) is 24.3 Å². The van der Waals surface area contributed by atoms with Gasteiger partial charge in [0.15, 0.2) is 0 Å². The fourth-order valence-electron chi connectivity index (χ4n) is 2.04. The molecule has 26 heavy (non-hydrogen) atoms. The molecule has 0 bridgehead atoms. The van der Waals surface area contributed by atoms with Crippen molar-refractivity contribution in [2.24, 2.45) is 0 Å². The summed E-state index contributed by atoms with van der Waals surface area (Å²) < 4.78 is 39.9. The highest BCUT2D eigenvalue weighted by Gasteiger charge is 2.31. The van der Waals surface area contributed by atoms with Crippen LogP contribution in [0, 0.1) is 10.1 Å². The zero-order valence-electron chi connectivity index (χ0n) is 13.1. The summed E-state index contributed by atoms with van der Waals surface area (Å²) in [4.78, 5) is 21.9. The molecule has 1 amide bonds. The van der Waals surface area contributed by atoms with Gasteiger partial charge in [-0.1, -0.05) is 0 Å². The zero-order valence-corrected chi connectivity index (χ0v) is 13.1. The van der Waals surface area contributed by atoms with Gasteiger partial charge in [-0.3, -0.25) is 14.9 Å². The number of nitro groups is 1. The fraction of sp³-hybridized carbons (Fsp3) is 0.188. The van der Waals surface area contributed by atoms with Crippen molar-refractivity contribution in [2.75, 3.05) is 6.54 Å². The fourth-order valence-corrected chi connectivity index (χ4v) is 2.04. The number of nitro benzene ring substituents is 1. The Kier molecular flexibility index (Phi) is 5.78. The highest BCUT2D eigenvalue weighted by atomic mass is 19.4. The molecule has 0 aliphatic heterocycles. The lowest BCUT2D eigenvalue weighted by molar-refractivity contribution is -0.384. The summed E-state index contributed by atoms with van der Waals surface area (Å²) in [6, 6.07) is 9.45. The van der Waals surface area contributed by atoms with Crippen LogP contribution in [-0.2, 0) is 0 Å². The second-order valence-electron chi connectivity index (χ2n) is 5.15. The number of aliphatic hydroxyl groups is 1. The van der Waals surface area contributed by atoms with Crippen molar-refractivity contribution in [1.82, 2.24) is 5.32 Å². The van der Waals surface area contributed by atoms with Gasteiger partial charge in [-0.25, -0.2) is 0 Å². The molecule has 7 nitrogen and oxygen atoms in total. The van der Waals surface area contributed by atoms with Crippen molar-refractivity contribution in [2.45, 2.75) is 12.5 Å². The number of aliphatic hydroxyl groups excluding tert-OH is 1. The normalized spacial score (nSPS) is 12.3. The van der Waals surface area contributed by atoms with Gasteiger partial charge in [-0.15, -0.1) is 13.2 Å². The third-order valence-electron chi connectivity index (χ3n) is 3.29. The standard InChI is InChI=1S/C16H13F3N2O5/c17-16(18,19)26-13-7-3-11(4-8-13)15(23)20-9-14(22)10-1-5-12(6-2-10)21(24)25/h1-8,14,22H,9H2,(H,20,23)/t14-/m0/s1. The number of nitrogens with zero attached hydrogens (tertiary/aromatic N) is 1. The van der Waals surface area contributed by atoms with Gasteiger partial charge in [0, 0.05) is 24.2 Å². The number of rotatable bonds is 6. The third kappa shape index (κ3) is 5.45. The molecule has 0 aliphatic carbocycles. The third-order valence-corrected chi connectivity index (χ3v) is 3.29. The molecule has 0 aromatic heterocycles. The van der Waals surface area contributed by atoms with Gasteiger partial charge in [0.25, 0.3) is 11.6 Å². The molecule has 0 heterocycles. The number of alkyl halides is 3. The number of hydrogen-bond donors (Lipinski definition) is 2. The number of halogens is 3. The van der Waals surface area contributed by atoms with E-state index in [1.54, 1.807) is 0 Å². The molecule has 0 radical (unpaired) electrons. The number of non-ortho nitro benzene ring substituents is 1. The van der Waals surface area contributed by atoms with Crippen LogP contribution in [0.5, 0.6) is 5.75 Å². The number of benzene rings is 2. The quantitative estimate of drug-likeness (QED) is 0.601. The maximum Gasteiger partial charge on any atom is 0.573 e. The minimum Gasteiger partial charge on any atom is -0.406 e. The molecule has 2 aromatic carbocycles. The van der Waals surface area contributed by atoms with E-state index in [4.69, 9.17) is 0 Å². The lowest BCUT2D eigenvalue weighted by atomic mass is 10.1. The van der Waals surface area contributed by atoms with Crippen LogP contribution in [0.4, 0.5) is 18.9 Å². The Morgan fingerprint density at radius 3 is 2.23 bits per heavy atom. The summed E-state index contributed by atoms with van der Waals surface area (Å²) in [5.74, 6) is -1.07. The molecule has 0 saturated heterocycles. The Hall–Kier alpha value is -3.14. The van der Waals surface area contributed by atoms with E-state index in [1.807, 2.05) is 0 Å². The average Bonchev–Trinajstić information content (AvgIpc) is 2.58. The van der Waals surface area contributed by atoms with Crippen LogP contribution >= 0.6 is 0 Å². The van der Waals surface area contributed by atoms with Crippen molar-refractivity contribution in [1.29, 1.82) is 0 Å². The SMILES string of the molecule is O=C(NC[C@H](O)c1ccc([N+](=O)[O-])cc1)c1ccc(OC(F)(F)F)cc1. The molecular weight excluding hydrogens is 357 g/mol. The van der Waals surface area contributed by atoms with Crippen LogP contribution in [0.2, 0.25) is 0 Å². The first-order valence-electron chi connectivity index (χ1n) is 7.22. The first-order chi connectivity index (χ1) is 12.2. The predicted octanol–water partition coefficient (Wildman–Crippen LogP) is 2.96. The Balaban J connectivity index is 1.92. The van der Waals surface area contributed by atoms with Gasteiger partial charge in [-0.2, -0.15) is 0 Å². The van der Waals surface area contributed by atoms with Crippen molar-refractivity contribution >= 4 is 11.6 Å². The van der Waals surface area contributed by atoms with E-state index in [0.29, 0.717) is 5.56 Å². The van der Waals surface area contributed by atoms with E-state index in [2.05, 4.69) is 10.1 Å². The van der Waals surface area contributed by atoms with Gasteiger partial charge in [-0.05, 0) is 42.0 Å². The lowest BCUT2D eigenvalue weighted by Crippen LogP contribution is -2.28. The minimum atomic E-state index is -4.82. The molecule has 1 atom stereocenters. The second kappa shape index (κ2) is 7.83. The largest absolute Gasteiger partial charge is 0.573 e. The predicted molar refractivity (Wildman–Crippen MR) is 83.5 cm³/mol. The van der Waals surface area contributed by atoms with Crippen molar-refractivity contribution in [3.8, 4) is 5.75 Å². The van der Waals surface area contributed by atoms with Crippen LogP contribution in [-0.4, -0.2) is 28.8 Å². The van der Waals surface area contributed by atoms with Crippen molar-refractivity contribution < 1.29 is 32.7 Å². The first kappa shape index (κ1) is 19.2. The zero-order chi connectivity index (χ0) is 19.3. The molecule has 0 unspecified atom stereocenters. The number of hydrogen-bond acceptors (Lipinski definition) is 5. The Morgan fingerprint density at radius 2 is 1.73 bits per heavy atom. The van der Waals surface area contributed by atoms with Crippen LogP contribution in [0.25, 0.3) is 0 Å². The maximum absolute atomic E-state index is 12.1. The molecule has 2 rings (SSSR count). The van der Waals surface area contributed by atoms with Crippen LogP contribution in [0.3, 0.4) is 0 Å². The number of nitrogens with one attached hydrogen (secondary N) is 1. The summed E-state index contributed by atoms with van der Waals surface area (Å²) in [6.45, 7) is -0.183. The molecule has 0 aliphatic rings. The summed E-state index contributed by atoms with van der Waals surface area (Å²) in [5.41, 5.74) is 0.311. The molecule has 0 saturated carbocycles. The van der Waals surface area contributed by atoms with E-state index in [9.17, 15) is 33.2 Å². The average molecular weight is 370 g/mol. The Bertz CT molecular complexity index is 776. The van der Waals surface area contributed by atoms with Crippen LogP contribution < -0.4 is 10.1 Å². The second-order valence-corrected chi connectivity index (χ2v) is 5.15. The Morgan fingerprint density at radius 1 is 1.15 bits per heavy atom. The molecule has 0 fully saturated rings. The molecule has 2 N–H and O–H groups in total. The molecule has 0 spiro atoms. The molecule has 10 heteroatoms. The number of carbonyl (C=O) groups excluding carboxylic acids is 1. The smallest absolute Gasteiger partial charge is 0.406 e. The molecule has 138 valence electrons. The number of carbonyl (C=O) groups is 1. The van der Waals surface area contributed by atoms with Crippen LogP contribution in [0.1, 0.15) is 22.0 Å². The summed E-state index contributed by atoms with van der Waals surface area (Å²) in [7, 11) is 0. The van der Waals surface area contributed by atoms with E-state index in [0.717, 1.165) is 24.3 Å². The highest BCUT2D eigenvalue weighted by molar-refractivity contribution is 5.94.